The number of pyridine rings is 1. The maximum Gasteiger partial charge on any atom is 0.326 e. The molecule has 0 saturated carbocycles. The highest BCUT2D eigenvalue weighted by atomic mass is 32.2. The summed E-state index contributed by atoms with van der Waals surface area (Å²) < 4.78 is 0. The third-order valence-electron chi connectivity index (χ3n) is 2.67. The fourth-order valence-corrected chi connectivity index (χ4v) is 1.90. The van der Waals surface area contributed by atoms with Gasteiger partial charge < -0.3 is 0 Å². The molecule has 2 aromatic heterocycles. The molecule has 20 heavy (non-hydrogen) atoms. The minimum absolute atomic E-state index is 0.335. The van der Waals surface area contributed by atoms with Gasteiger partial charge in [0.25, 0.3) is 0 Å². The number of nitrogens with zero attached hydrogens (tertiary/aromatic N) is 2. The number of hydrogen-bond acceptors (Lipinski definition) is 4. The number of hydrogen-bond donors (Lipinski definition) is 3. The van der Waals surface area contributed by atoms with Crippen molar-refractivity contribution < 1.29 is 4.79 Å². The third-order valence-corrected chi connectivity index (χ3v) is 3.39. The zero-order valence-corrected chi connectivity index (χ0v) is 12.4. The molecular weight excluding hydrogens is 274 g/mol. The average Bonchev–Trinajstić information content (AvgIpc) is 2.88. The van der Waals surface area contributed by atoms with Gasteiger partial charge in [0.2, 0.25) is 0 Å². The lowest BCUT2D eigenvalue weighted by molar-refractivity contribution is 0.262. The van der Waals surface area contributed by atoms with Gasteiger partial charge in [-0.05, 0) is 24.3 Å². The standard InChI is InChI=1S/C13H17N5OS/c1-8(2)10-6-12(18-17-10)16-13(19)15-11-5-4-9(20-3)7-14-11/h4-8H,1-3H3,(H3,14,15,16,17,18,19). The fraction of sp³-hybridized carbons (Fsp3) is 0.308. The van der Waals surface area contributed by atoms with Crippen molar-refractivity contribution in [3.8, 4) is 0 Å². The number of aromatic nitrogens is 3. The van der Waals surface area contributed by atoms with Crippen molar-refractivity contribution in [3.63, 3.8) is 0 Å². The van der Waals surface area contributed by atoms with E-state index in [9.17, 15) is 4.79 Å². The maximum atomic E-state index is 11.8. The van der Waals surface area contributed by atoms with Crippen LogP contribution in [0.5, 0.6) is 0 Å². The summed E-state index contributed by atoms with van der Waals surface area (Å²) in [6, 6.07) is 5.11. The van der Waals surface area contributed by atoms with E-state index in [1.165, 1.54) is 0 Å². The van der Waals surface area contributed by atoms with Crippen molar-refractivity contribution in [3.05, 3.63) is 30.1 Å². The molecule has 2 aromatic rings. The zero-order valence-electron chi connectivity index (χ0n) is 11.6. The zero-order chi connectivity index (χ0) is 14.5. The second-order valence-electron chi connectivity index (χ2n) is 4.53. The molecule has 106 valence electrons. The summed E-state index contributed by atoms with van der Waals surface area (Å²) in [5, 5.41) is 12.2. The Bertz CT molecular complexity index is 579. The molecular formula is C13H17N5OS. The van der Waals surface area contributed by atoms with Gasteiger partial charge in [0.05, 0.1) is 0 Å². The number of amides is 2. The van der Waals surface area contributed by atoms with Crippen LogP contribution in [0.1, 0.15) is 25.5 Å². The van der Waals surface area contributed by atoms with Gasteiger partial charge in [-0.15, -0.1) is 11.8 Å². The Balaban J connectivity index is 1.93. The first-order valence-electron chi connectivity index (χ1n) is 6.22. The van der Waals surface area contributed by atoms with E-state index in [2.05, 4.69) is 39.7 Å². The number of rotatable bonds is 4. The molecule has 0 unspecified atom stereocenters. The molecule has 0 aromatic carbocycles. The summed E-state index contributed by atoms with van der Waals surface area (Å²) in [5.74, 6) is 1.33. The summed E-state index contributed by atoms with van der Waals surface area (Å²) in [6.45, 7) is 4.10. The monoisotopic (exact) mass is 291 g/mol. The van der Waals surface area contributed by atoms with Crippen molar-refractivity contribution >= 4 is 29.4 Å². The predicted molar refractivity (Wildman–Crippen MR) is 81.3 cm³/mol. The molecule has 0 atom stereocenters. The van der Waals surface area contributed by atoms with Crippen molar-refractivity contribution in [2.45, 2.75) is 24.7 Å². The highest BCUT2D eigenvalue weighted by Gasteiger charge is 2.08. The van der Waals surface area contributed by atoms with Gasteiger partial charge >= 0.3 is 6.03 Å². The molecule has 2 rings (SSSR count). The highest BCUT2D eigenvalue weighted by Crippen LogP contribution is 2.16. The van der Waals surface area contributed by atoms with Gasteiger partial charge in [0.1, 0.15) is 5.82 Å². The van der Waals surface area contributed by atoms with Gasteiger partial charge in [-0.1, -0.05) is 13.8 Å². The van der Waals surface area contributed by atoms with E-state index < -0.39 is 0 Å². The molecule has 0 bridgehead atoms. The molecule has 0 aliphatic carbocycles. The van der Waals surface area contributed by atoms with Gasteiger partial charge in [-0.25, -0.2) is 9.78 Å². The lowest BCUT2D eigenvalue weighted by Gasteiger charge is -2.05. The normalized spacial score (nSPS) is 10.6. The molecule has 0 spiro atoms. The van der Waals surface area contributed by atoms with Crippen molar-refractivity contribution in [1.82, 2.24) is 15.2 Å². The van der Waals surface area contributed by atoms with E-state index in [1.807, 2.05) is 18.4 Å². The van der Waals surface area contributed by atoms with Crippen LogP contribution in [0.2, 0.25) is 0 Å². The highest BCUT2D eigenvalue weighted by molar-refractivity contribution is 7.98. The molecule has 0 fully saturated rings. The Kier molecular flexibility index (Phi) is 4.62. The second kappa shape index (κ2) is 6.42. The van der Waals surface area contributed by atoms with Gasteiger partial charge in [0, 0.05) is 22.9 Å². The summed E-state index contributed by atoms with van der Waals surface area (Å²) >= 11 is 1.60. The van der Waals surface area contributed by atoms with Crippen LogP contribution in [0.4, 0.5) is 16.4 Å². The number of anilines is 2. The lowest BCUT2D eigenvalue weighted by atomic mass is 10.1. The van der Waals surface area contributed by atoms with Crippen LogP contribution < -0.4 is 10.6 Å². The molecule has 0 aliphatic rings. The summed E-state index contributed by atoms with van der Waals surface area (Å²) in [7, 11) is 0. The number of urea groups is 1. The second-order valence-corrected chi connectivity index (χ2v) is 5.41. The number of nitrogens with one attached hydrogen (secondary N) is 3. The molecule has 7 heteroatoms. The minimum Gasteiger partial charge on any atom is -0.292 e. The third kappa shape index (κ3) is 3.74. The first kappa shape index (κ1) is 14.4. The largest absolute Gasteiger partial charge is 0.326 e. The Hall–Kier alpha value is -2.02. The van der Waals surface area contributed by atoms with Crippen LogP contribution in [0.15, 0.2) is 29.3 Å². The Morgan fingerprint density at radius 2 is 2.05 bits per heavy atom. The molecule has 3 N–H and O–H groups in total. The molecule has 0 radical (unpaired) electrons. The van der Waals surface area contributed by atoms with E-state index in [0.29, 0.717) is 17.6 Å². The van der Waals surface area contributed by atoms with Crippen LogP contribution in [0, 0.1) is 0 Å². The van der Waals surface area contributed by atoms with Crippen molar-refractivity contribution in [2.75, 3.05) is 16.9 Å². The first-order chi connectivity index (χ1) is 9.58. The number of thioether (sulfide) groups is 1. The fourth-order valence-electron chi connectivity index (χ4n) is 1.54. The Morgan fingerprint density at radius 3 is 2.60 bits per heavy atom. The molecule has 2 amide bonds. The van der Waals surface area contributed by atoms with E-state index in [0.717, 1.165) is 10.6 Å². The minimum atomic E-state index is -0.365. The molecule has 0 aliphatic heterocycles. The maximum absolute atomic E-state index is 11.8. The average molecular weight is 291 g/mol. The Morgan fingerprint density at radius 1 is 1.30 bits per heavy atom. The van der Waals surface area contributed by atoms with Gasteiger partial charge in [0.15, 0.2) is 5.82 Å². The van der Waals surface area contributed by atoms with Crippen LogP contribution >= 0.6 is 11.8 Å². The molecule has 2 heterocycles. The summed E-state index contributed by atoms with van der Waals surface area (Å²) in [4.78, 5) is 17.0. The van der Waals surface area contributed by atoms with E-state index >= 15 is 0 Å². The van der Waals surface area contributed by atoms with E-state index in [1.54, 1.807) is 24.0 Å². The van der Waals surface area contributed by atoms with Crippen molar-refractivity contribution in [2.24, 2.45) is 0 Å². The first-order valence-corrected chi connectivity index (χ1v) is 7.44. The van der Waals surface area contributed by atoms with E-state index in [-0.39, 0.29) is 6.03 Å². The predicted octanol–water partition coefficient (Wildman–Crippen LogP) is 3.29. The number of carbonyl (C=O) groups is 1. The van der Waals surface area contributed by atoms with Crippen LogP contribution in [0.25, 0.3) is 0 Å². The van der Waals surface area contributed by atoms with Crippen LogP contribution in [-0.2, 0) is 0 Å². The topological polar surface area (TPSA) is 82.7 Å². The quantitative estimate of drug-likeness (QED) is 0.755. The van der Waals surface area contributed by atoms with Gasteiger partial charge in [-0.3, -0.25) is 15.7 Å². The van der Waals surface area contributed by atoms with E-state index in [4.69, 9.17) is 0 Å². The Labute approximate surface area is 121 Å². The summed E-state index contributed by atoms with van der Waals surface area (Å²) in [5.41, 5.74) is 0.975. The lowest BCUT2D eigenvalue weighted by Crippen LogP contribution is -2.20. The van der Waals surface area contributed by atoms with Crippen LogP contribution in [-0.4, -0.2) is 27.5 Å². The smallest absolute Gasteiger partial charge is 0.292 e. The number of carbonyl (C=O) groups excluding carboxylic acids is 1. The molecule has 0 saturated heterocycles. The van der Waals surface area contributed by atoms with Gasteiger partial charge in [-0.2, -0.15) is 5.10 Å². The number of H-pyrrole nitrogens is 1. The summed E-state index contributed by atoms with van der Waals surface area (Å²) in [6.07, 6.45) is 3.69. The van der Waals surface area contributed by atoms with Crippen molar-refractivity contribution in [1.29, 1.82) is 0 Å². The van der Waals surface area contributed by atoms with Crippen LogP contribution in [0.3, 0.4) is 0 Å². The SMILES string of the molecule is CSc1ccc(NC(=O)Nc2cc(C(C)C)[nH]n2)nc1. The number of aromatic amines is 1. The molecule has 6 nitrogen and oxygen atoms in total.